The third-order valence-corrected chi connectivity index (χ3v) is 6.40. The molecular weight excluding hydrogens is 522 g/mol. The van der Waals surface area contributed by atoms with E-state index in [0.29, 0.717) is 57.7 Å². The van der Waals surface area contributed by atoms with E-state index in [4.69, 9.17) is 22.3 Å². The van der Waals surface area contributed by atoms with Gasteiger partial charge in [0.15, 0.2) is 0 Å². The van der Waals surface area contributed by atoms with Crippen molar-refractivity contribution in [2.75, 3.05) is 25.5 Å². The van der Waals surface area contributed by atoms with Crippen LogP contribution >= 0.6 is 11.6 Å². The van der Waals surface area contributed by atoms with Gasteiger partial charge < -0.3 is 16.0 Å². The number of aromatic nitrogens is 2. The Labute approximate surface area is 230 Å². The number of carbonyl (C=O) groups excluding carboxylic acids is 1. The van der Waals surface area contributed by atoms with E-state index >= 15 is 0 Å². The van der Waals surface area contributed by atoms with Gasteiger partial charge in [-0.1, -0.05) is 31.2 Å². The van der Waals surface area contributed by atoms with Crippen LogP contribution in [0.4, 0.5) is 20.4 Å². The Kier molecular flexibility index (Phi) is 8.32. The summed E-state index contributed by atoms with van der Waals surface area (Å²) in [6.45, 7) is 0.969. The van der Waals surface area contributed by atoms with Gasteiger partial charge in [-0.05, 0) is 48.5 Å². The molecule has 1 amide bonds. The highest BCUT2D eigenvalue weighted by molar-refractivity contribution is 6.31. The van der Waals surface area contributed by atoms with Gasteiger partial charge in [0.05, 0.1) is 23.5 Å². The van der Waals surface area contributed by atoms with Gasteiger partial charge in [0.25, 0.3) is 5.91 Å². The number of benzene rings is 3. The zero-order valence-electron chi connectivity index (χ0n) is 20.4. The van der Waals surface area contributed by atoms with Crippen LogP contribution in [0.2, 0.25) is 5.02 Å². The first-order valence-corrected chi connectivity index (χ1v) is 12.2. The Morgan fingerprint density at radius 1 is 1.08 bits per heavy atom. The fourth-order valence-electron chi connectivity index (χ4n) is 4.26. The van der Waals surface area contributed by atoms with Gasteiger partial charge >= 0.3 is 0 Å². The van der Waals surface area contributed by atoms with E-state index in [1.54, 1.807) is 60.6 Å². The zero-order chi connectivity index (χ0) is 26.8. The molecule has 5 rings (SSSR count). The standard InChI is InChI=1S/C28H23ClF2N6O.CH4/c1-37(12-11-32)27(38)16-5-8-19(9-6-16)35-28-34-15-17-14-33-26(24-22(30)3-2-4-23(24)31)21-13-18(29)7-10-20(21)25(17)36-28;/h2-10,13,15H,11-12,14,32H2,1H3,(H,34,35,36);1H4. The lowest BCUT2D eigenvalue weighted by molar-refractivity contribution is 0.0799. The van der Waals surface area contributed by atoms with Crippen molar-refractivity contribution in [2.45, 2.75) is 14.0 Å². The summed E-state index contributed by atoms with van der Waals surface area (Å²) < 4.78 is 29.5. The van der Waals surface area contributed by atoms with E-state index < -0.39 is 11.6 Å². The molecular formula is C29H27ClF2N6O. The second-order valence-electron chi connectivity index (χ2n) is 8.74. The first-order valence-electron chi connectivity index (χ1n) is 11.8. The monoisotopic (exact) mass is 548 g/mol. The van der Waals surface area contributed by atoms with Crippen molar-refractivity contribution < 1.29 is 13.6 Å². The van der Waals surface area contributed by atoms with Crippen molar-refractivity contribution in [3.8, 4) is 11.3 Å². The number of carbonyl (C=O) groups is 1. The molecule has 7 nitrogen and oxygen atoms in total. The summed E-state index contributed by atoms with van der Waals surface area (Å²) in [7, 11) is 1.70. The summed E-state index contributed by atoms with van der Waals surface area (Å²) in [6.07, 6.45) is 1.63. The van der Waals surface area contributed by atoms with E-state index in [-0.39, 0.29) is 31.2 Å². The third-order valence-electron chi connectivity index (χ3n) is 6.16. The highest BCUT2D eigenvalue weighted by Gasteiger charge is 2.25. The van der Waals surface area contributed by atoms with Gasteiger partial charge in [-0.15, -0.1) is 0 Å². The molecule has 3 N–H and O–H groups in total. The molecule has 200 valence electrons. The summed E-state index contributed by atoms with van der Waals surface area (Å²) >= 11 is 6.28. The van der Waals surface area contributed by atoms with Crippen LogP contribution in [-0.4, -0.2) is 46.6 Å². The van der Waals surface area contributed by atoms with Crippen molar-refractivity contribution in [1.29, 1.82) is 0 Å². The van der Waals surface area contributed by atoms with Gasteiger partial charge in [-0.3, -0.25) is 9.79 Å². The molecule has 0 saturated heterocycles. The maximum atomic E-state index is 14.7. The average Bonchev–Trinajstić information content (AvgIpc) is 3.05. The Morgan fingerprint density at radius 2 is 1.79 bits per heavy atom. The number of likely N-dealkylation sites (N-methyl/N-ethyl adjacent to an activating group) is 1. The highest BCUT2D eigenvalue weighted by atomic mass is 35.5. The third kappa shape index (κ3) is 5.64. The lowest BCUT2D eigenvalue weighted by Crippen LogP contribution is -2.31. The van der Waals surface area contributed by atoms with Crippen LogP contribution in [0.25, 0.3) is 11.3 Å². The normalized spacial score (nSPS) is 11.9. The Balaban J connectivity index is 0.00000353. The molecule has 0 radical (unpaired) electrons. The summed E-state index contributed by atoms with van der Waals surface area (Å²) in [5, 5.41) is 3.55. The molecule has 3 aromatic carbocycles. The van der Waals surface area contributed by atoms with Gasteiger partial charge in [0, 0.05) is 59.3 Å². The summed E-state index contributed by atoms with van der Waals surface area (Å²) in [6, 6.07) is 15.7. The largest absolute Gasteiger partial charge is 0.340 e. The Morgan fingerprint density at radius 3 is 2.49 bits per heavy atom. The fraction of sp³-hybridized carbons (Fsp3) is 0.172. The van der Waals surface area contributed by atoms with Crippen LogP contribution in [0.1, 0.15) is 34.5 Å². The second kappa shape index (κ2) is 11.7. The minimum atomic E-state index is -0.717. The molecule has 1 aliphatic rings. The molecule has 0 unspecified atom stereocenters. The van der Waals surface area contributed by atoms with Crippen molar-refractivity contribution in [3.05, 3.63) is 106 Å². The lowest BCUT2D eigenvalue weighted by Gasteiger charge is -2.16. The van der Waals surface area contributed by atoms with E-state index in [0.717, 1.165) is 0 Å². The molecule has 0 fully saturated rings. The van der Waals surface area contributed by atoms with Gasteiger partial charge in [-0.25, -0.2) is 18.7 Å². The number of nitrogens with two attached hydrogens (primary N) is 1. The number of amides is 1. The molecule has 1 aliphatic heterocycles. The van der Waals surface area contributed by atoms with Crippen LogP contribution in [-0.2, 0) is 6.54 Å². The quantitative estimate of drug-likeness (QED) is 0.316. The van der Waals surface area contributed by atoms with Crippen LogP contribution in [0.3, 0.4) is 0 Å². The van der Waals surface area contributed by atoms with Crippen LogP contribution in [0.15, 0.2) is 71.9 Å². The molecule has 1 aromatic heterocycles. The topological polar surface area (TPSA) is 96.5 Å². The van der Waals surface area contributed by atoms with Crippen molar-refractivity contribution in [1.82, 2.24) is 14.9 Å². The second-order valence-corrected chi connectivity index (χ2v) is 9.17. The molecule has 2 heterocycles. The molecule has 10 heteroatoms. The number of rotatable bonds is 6. The minimum Gasteiger partial charge on any atom is -0.340 e. The molecule has 39 heavy (non-hydrogen) atoms. The van der Waals surface area contributed by atoms with Crippen molar-refractivity contribution in [2.24, 2.45) is 10.7 Å². The SMILES string of the molecule is C.CN(CCN)C(=O)c1ccc(Nc2ncc3c(n2)-c2ccc(Cl)cc2C(c2c(F)cccc2F)=NC3)cc1. The number of nitrogens with zero attached hydrogens (tertiary/aromatic N) is 4. The van der Waals surface area contributed by atoms with Crippen LogP contribution in [0.5, 0.6) is 0 Å². The lowest BCUT2D eigenvalue weighted by atomic mass is 9.95. The number of aliphatic imine (C=N–C) groups is 1. The summed E-state index contributed by atoms with van der Waals surface area (Å²) in [4.78, 5) is 27.7. The van der Waals surface area contributed by atoms with Crippen LogP contribution < -0.4 is 11.1 Å². The molecule has 0 atom stereocenters. The Hall–Kier alpha value is -4.21. The van der Waals surface area contributed by atoms with Crippen molar-refractivity contribution >= 4 is 34.9 Å². The fourth-order valence-corrected chi connectivity index (χ4v) is 4.43. The van der Waals surface area contributed by atoms with E-state index in [1.807, 2.05) is 0 Å². The first-order chi connectivity index (χ1) is 18.4. The molecule has 0 bridgehead atoms. The van der Waals surface area contributed by atoms with Crippen molar-refractivity contribution in [3.63, 3.8) is 0 Å². The molecule has 4 aromatic rings. The van der Waals surface area contributed by atoms with E-state index in [9.17, 15) is 13.6 Å². The number of hydrogen-bond acceptors (Lipinski definition) is 6. The maximum Gasteiger partial charge on any atom is 0.253 e. The summed E-state index contributed by atoms with van der Waals surface area (Å²) in [5.41, 5.74) is 9.03. The summed E-state index contributed by atoms with van der Waals surface area (Å²) in [5.74, 6) is -1.25. The predicted octanol–water partition coefficient (Wildman–Crippen LogP) is 5.84. The average molecular weight is 549 g/mol. The number of halogens is 3. The first kappa shape index (κ1) is 27.8. The maximum absolute atomic E-state index is 14.7. The molecule has 0 aliphatic carbocycles. The number of anilines is 2. The Bertz CT molecular complexity index is 1540. The number of hydrogen-bond donors (Lipinski definition) is 2. The highest BCUT2D eigenvalue weighted by Crippen LogP contribution is 2.34. The van der Waals surface area contributed by atoms with Gasteiger partial charge in [0.2, 0.25) is 5.95 Å². The number of nitrogens with one attached hydrogen (secondary N) is 1. The number of fused-ring (bicyclic) bond motifs is 3. The predicted molar refractivity (Wildman–Crippen MR) is 151 cm³/mol. The minimum absolute atomic E-state index is 0. The van der Waals surface area contributed by atoms with Gasteiger partial charge in [0.1, 0.15) is 11.6 Å². The van der Waals surface area contributed by atoms with E-state index in [1.165, 1.54) is 18.2 Å². The van der Waals surface area contributed by atoms with Crippen LogP contribution in [0, 0.1) is 11.6 Å². The smallest absolute Gasteiger partial charge is 0.253 e. The zero-order valence-corrected chi connectivity index (χ0v) is 21.1. The molecule has 0 saturated carbocycles. The molecule has 0 spiro atoms. The van der Waals surface area contributed by atoms with E-state index in [2.05, 4.69) is 15.3 Å². The van der Waals surface area contributed by atoms with Gasteiger partial charge in [-0.2, -0.15) is 0 Å².